The minimum atomic E-state index is -0.350. The van der Waals surface area contributed by atoms with Gasteiger partial charge in [-0.25, -0.2) is 4.98 Å². The number of H-pyrrole nitrogens is 2. The standard InChI is InChI=1S/C27H30N6O3/c1-5-7-10-18-13-22(23-15-28-17(4)29-27(23)35)21(14-24(34)36-6-2)16(3)25(18)19-11-8-9-12-20(19)26-30-32-33-31-26/h8-9,11-13,15H,5-7,10,14H2,1-4H3,(H,28,29,35)(H,30,31,32,33). The highest BCUT2D eigenvalue weighted by atomic mass is 16.5. The number of carbonyl (C=O) groups excluding carboxylic acids is 1. The van der Waals surface area contributed by atoms with E-state index in [0.29, 0.717) is 22.8 Å². The van der Waals surface area contributed by atoms with Crippen molar-refractivity contribution in [2.75, 3.05) is 6.61 Å². The Balaban J connectivity index is 2.03. The molecule has 0 amide bonds. The van der Waals surface area contributed by atoms with E-state index in [4.69, 9.17) is 4.74 Å². The van der Waals surface area contributed by atoms with Gasteiger partial charge in [0.15, 0.2) is 0 Å². The highest BCUT2D eigenvalue weighted by molar-refractivity contribution is 5.89. The number of ether oxygens (including phenoxy) is 1. The molecule has 0 spiro atoms. The molecule has 0 saturated carbocycles. The molecule has 0 unspecified atom stereocenters. The summed E-state index contributed by atoms with van der Waals surface area (Å²) in [5.41, 5.74) is 6.38. The molecule has 2 heterocycles. The summed E-state index contributed by atoms with van der Waals surface area (Å²) in [7, 11) is 0. The number of tetrazole rings is 1. The molecule has 0 aliphatic heterocycles. The van der Waals surface area contributed by atoms with Crippen LogP contribution in [0.15, 0.2) is 41.3 Å². The molecule has 4 aromatic rings. The zero-order valence-corrected chi connectivity index (χ0v) is 21.0. The van der Waals surface area contributed by atoms with Crippen molar-refractivity contribution in [3.8, 4) is 33.6 Å². The van der Waals surface area contributed by atoms with Crippen LogP contribution in [0.2, 0.25) is 0 Å². The molecule has 2 N–H and O–H groups in total. The lowest BCUT2D eigenvalue weighted by Gasteiger charge is -2.22. The van der Waals surface area contributed by atoms with Crippen molar-refractivity contribution in [3.63, 3.8) is 0 Å². The highest BCUT2D eigenvalue weighted by Crippen LogP contribution is 2.40. The number of rotatable bonds is 9. The molecule has 2 aromatic carbocycles. The van der Waals surface area contributed by atoms with E-state index in [2.05, 4.69) is 37.5 Å². The topological polar surface area (TPSA) is 127 Å². The van der Waals surface area contributed by atoms with Crippen LogP contribution in [0.1, 0.15) is 49.2 Å². The highest BCUT2D eigenvalue weighted by Gasteiger charge is 2.23. The molecule has 0 saturated heterocycles. The van der Waals surface area contributed by atoms with Gasteiger partial charge in [-0.2, -0.15) is 5.21 Å². The molecule has 0 aliphatic rings. The summed E-state index contributed by atoms with van der Waals surface area (Å²) in [6, 6.07) is 9.91. The van der Waals surface area contributed by atoms with Crippen molar-refractivity contribution >= 4 is 5.97 Å². The molecule has 2 aromatic heterocycles. The maximum Gasteiger partial charge on any atom is 0.310 e. The largest absolute Gasteiger partial charge is 0.466 e. The third-order valence-corrected chi connectivity index (χ3v) is 6.22. The zero-order valence-electron chi connectivity index (χ0n) is 21.0. The van der Waals surface area contributed by atoms with Gasteiger partial charge in [0, 0.05) is 11.8 Å². The molecule has 9 heteroatoms. The smallest absolute Gasteiger partial charge is 0.310 e. The van der Waals surface area contributed by atoms with E-state index in [1.54, 1.807) is 20.0 Å². The number of benzene rings is 2. The molecule has 0 aliphatic carbocycles. The van der Waals surface area contributed by atoms with E-state index in [0.717, 1.165) is 52.6 Å². The fourth-order valence-corrected chi connectivity index (χ4v) is 4.54. The van der Waals surface area contributed by atoms with Crippen LogP contribution in [-0.4, -0.2) is 43.2 Å². The first-order valence-corrected chi connectivity index (χ1v) is 12.1. The maximum absolute atomic E-state index is 13.0. The predicted octanol–water partition coefficient (Wildman–Crippen LogP) is 4.35. The molecule has 186 valence electrons. The number of esters is 1. The fourth-order valence-electron chi connectivity index (χ4n) is 4.54. The number of hydrogen-bond donors (Lipinski definition) is 2. The minimum absolute atomic E-state index is 0.0355. The number of hydrogen-bond acceptors (Lipinski definition) is 7. The van der Waals surface area contributed by atoms with Crippen LogP contribution in [0.25, 0.3) is 33.6 Å². The molecule has 0 atom stereocenters. The summed E-state index contributed by atoms with van der Waals surface area (Å²) in [4.78, 5) is 32.8. The summed E-state index contributed by atoms with van der Waals surface area (Å²) >= 11 is 0. The maximum atomic E-state index is 13.0. The number of nitrogens with one attached hydrogen (secondary N) is 2. The lowest BCUT2D eigenvalue weighted by molar-refractivity contribution is -0.142. The average Bonchev–Trinajstić information content (AvgIpc) is 3.39. The number of carbonyl (C=O) groups is 1. The van der Waals surface area contributed by atoms with Crippen LogP contribution in [-0.2, 0) is 22.4 Å². The summed E-state index contributed by atoms with van der Waals surface area (Å²) < 4.78 is 5.29. The van der Waals surface area contributed by atoms with Crippen LogP contribution in [0.5, 0.6) is 0 Å². The van der Waals surface area contributed by atoms with E-state index in [1.165, 1.54) is 0 Å². The van der Waals surface area contributed by atoms with Crippen molar-refractivity contribution in [3.05, 3.63) is 69.4 Å². The van der Waals surface area contributed by atoms with E-state index in [-0.39, 0.29) is 24.6 Å². The fraction of sp³-hybridized carbons (Fsp3) is 0.333. The van der Waals surface area contributed by atoms with Crippen molar-refractivity contribution < 1.29 is 9.53 Å². The number of aromatic nitrogens is 6. The van der Waals surface area contributed by atoms with Crippen molar-refractivity contribution in [1.29, 1.82) is 0 Å². The number of nitrogens with zero attached hydrogens (tertiary/aromatic N) is 4. The Hall–Kier alpha value is -4.14. The Labute approximate surface area is 209 Å². The van der Waals surface area contributed by atoms with Gasteiger partial charge in [-0.1, -0.05) is 37.6 Å². The Bertz CT molecular complexity index is 1430. The second-order valence-electron chi connectivity index (χ2n) is 8.64. The lowest BCUT2D eigenvalue weighted by atomic mass is 9.82. The van der Waals surface area contributed by atoms with Crippen LogP contribution >= 0.6 is 0 Å². The SMILES string of the molecule is CCCCc1cc(-c2cnc(C)[nH]c2=O)c(CC(=O)OCC)c(C)c1-c1ccccc1-c1nn[nH]n1. The van der Waals surface area contributed by atoms with Gasteiger partial charge in [0.2, 0.25) is 5.82 Å². The second kappa shape index (κ2) is 11.1. The van der Waals surface area contributed by atoms with Crippen LogP contribution in [0, 0.1) is 13.8 Å². The summed E-state index contributed by atoms with van der Waals surface area (Å²) in [5, 5.41) is 14.7. The van der Waals surface area contributed by atoms with Crippen molar-refractivity contribution in [2.45, 2.75) is 53.4 Å². The van der Waals surface area contributed by atoms with Gasteiger partial charge in [0.25, 0.3) is 5.56 Å². The molecular formula is C27H30N6O3. The zero-order chi connectivity index (χ0) is 25.7. The van der Waals surface area contributed by atoms with Crippen LogP contribution in [0.3, 0.4) is 0 Å². The molecule has 36 heavy (non-hydrogen) atoms. The third kappa shape index (κ3) is 5.10. The molecular weight excluding hydrogens is 456 g/mol. The normalized spacial score (nSPS) is 11.0. The summed E-state index contributed by atoms with van der Waals surface area (Å²) in [5.74, 6) is 0.669. The second-order valence-corrected chi connectivity index (χ2v) is 8.64. The first-order valence-electron chi connectivity index (χ1n) is 12.1. The monoisotopic (exact) mass is 486 g/mol. The molecule has 9 nitrogen and oxygen atoms in total. The lowest BCUT2D eigenvalue weighted by Crippen LogP contribution is -2.16. The Morgan fingerprint density at radius 2 is 1.83 bits per heavy atom. The number of unbranched alkanes of at least 4 members (excludes halogenated alkanes) is 1. The quantitative estimate of drug-likeness (QED) is 0.337. The van der Waals surface area contributed by atoms with Crippen molar-refractivity contribution in [1.82, 2.24) is 30.6 Å². The van der Waals surface area contributed by atoms with Crippen molar-refractivity contribution in [2.24, 2.45) is 0 Å². The van der Waals surface area contributed by atoms with Gasteiger partial charge in [-0.3, -0.25) is 9.59 Å². The van der Waals surface area contributed by atoms with E-state index in [1.807, 2.05) is 37.3 Å². The minimum Gasteiger partial charge on any atom is -0.466 e. The third-order valence-electron chi connectivity index (χ3n) is 6.22. The Morgan fingerprint density at radius 1 is 1.06 bits per heavy atom. The van der Waals surface area contributed by atoms with Gasteiger partial charge in [0.1, 0.15) is 5.82 Å². The number of aromatic amines is 2. The Morgan fingerprint density at radius 3 is 2.50 bits per heavy atom. The van der Waals surface area contributed by atoms with Crippen LogP contribution < -0.4 is 5.56 Å². The van der Waals surface area contributed by atoms with Gasteiger partial charge in [0.05, 0.1) is 18.6 Å². The number of aryl methyl sites for hydroxylation is 2. The van der Waals surface area contributed by atoms with E-state index < -0.39 is 0 Å². The molecule has 4 rings (SSSR count). The van der Waals surface area contributed by atoms with E-state index >= 15 is 0 Å². The van der Waals surface area contributed by atoms with E-state index in [9.17, 15) is 9.59 Å². The van der Waals surface area contributed by atoms with Gasteiger partial charge in [-0.15, -0.1) is 10.2 Å². The van der Waals surface area contributed by atoms with Gasteiger partial charge in [-0.05, 0) is 78.3 Å². The molecule has 0 radical (unpaired) electrons. The van der Waals surface area contributed by atoms with Gasteiger partial charge < -0.3 is 9.72 Å². The van der Waals surface area contributed by atoms with Gasteiger partial charge >= 0.3 is 5.97 Å². The summed E-state index contributed by atoms with van der Waals surface area (Å²) in [6.07, 6.45) is 4.40. The Kier molecular flexibility index (Phi) is 7.68. The summed E-state index contributed by atoms with van der Waals surface area (Å²) in [6.45, 7) is 7.93. The van der Waals surface area contributed by atoms with Crippen LogP contribution in [0.4, 0.5) is 0 Å². The average molecular weight is 487 g/mol. The molecule has 0 bridgehead atoms. The molecule has 0 fully saturated rings. The first-order chi connectivity index (χ1) is 17.4. The predicted molar refractivity (Wildman–Crippen MR) is 137 cm³/mol. The first kappa shape index (κ1) is 25.0.